The molecule has 3 aromatic heterocycles. The maximum Gasteiger partial charge on any atom is 0.339 e. The molecule has 0 bridgehead atoms. The number of hydrogen-bond acceptors (Lipinski definition) is 8. The van der Waals surface area contributed by atoms with E-state index in [0.717, 1.165) is 23.5 Å². The monoisotopic (exact) mass is 658 g/mol. The molecular weight excluding hydrogens is 629 g/mol. The van der Waals surface area contributed by atoms with Crippen LogP contribution >= 0.6 is 19.7 Å². The predicted octanol–water partition coefficient (Wildman–Crippen LogP) is 3.24. The van der Waals surface area contributed by atoms with E-state index in [1.165, 1.54) is 28.9 Å². The van der Waals surface area contributed by atoms with E-state index in [1.807, 2.05) is 0 Å². The van der Waals surface area contributed by atoms with Crippen LogP contribution in [0.25, 0.3) is 15.7 Å². The minimum atomic E-state index is -3.85. The van der Waals surface area contributed by atoms with Gasteiger partial charge in [0, 0.05) is 54.9 Å². The number of rotatable bonds is 6. The Hall–Kier alpha value is -4.04. The fraction of sp³-hybridized carbons (Fsp3) is 0.345. The third kappa shape index (κ3) is 6.00. The molecule has 4 N–H and O–H groups in total. The lowest BCUT2D eigenvalue weighted by Crippen LogP contribution is -2.60. The molecule has 4 amide bonds. The van der Waals surface area contributed by atoms with Gasteiger partial charge in [-0.05, 0) is 55.0 Å². The molecule has 5 heterocycles. The van der Waals surface area contributed by atoms with E-state index in [2.05, 4.69) is 15.6 Å². The van der Waals surface area contributed by atoms with Gasteiger partial charge >= 0.3 is 5.66 Å². The molecule has 2 fully saturated rings. The number of carbonyl (C=O) groups is 4. The first kappa shape index (κ1) is 31.0. The molecule has 6 rings (SSSR count). The molecule has 4 aromatic rings. The summed E-state index contributed by atoms with van der Waals surface area (Å²) in [5, 5.41) is 5.90. The lowest BCUT2D eigenvalue weighted by atomic mass is 10.1. The van der Waals surface area contributed by atoms with E-state index in [4.69, 9.17) is 9.79 Å². The van der Waals surface area contributed by atoms with Crippen LogP contribution in [0.1, 0.15) is 41.4 Å². The zero-order valence-corrected chi connectivity index (χ0v) is 25.6. The highest BCUT2D eigenvalue weighted by Crippen LogP contribution is 2.53. The van der Waals surface area contributed by atoms with E-state index in [1.54, 1.807) is 35.1 Å². The summed E-state index contributed by atoms with van der Waals surface area (Å²) in [5.74, 6) is -1.78. The summed E-state index contributed by atoms with van der Waals surface area (Å²) in [6.45, 7) is 1.61. The topological polar surface area (TPSA) is 157 Å². The first-order chi connectivity index (χ1) is 21.4. The third-order valence-corrected chi connectivity index (χ3v) is 10.1. The number of carbonyl (C=O) groups excluding carboxylic acids is 4. The first-order valence-corrected chi connectivity index (χ1v) is 16.2. The minimum absolute atomic E-state index is 0.105. The Balaban J connectivity index is 1.24. The largest absolute Gasteiger partial charge is 0.346 e. The van der Waals surface area contributed by atoms with Crippen molar-refractivity contribution in [3.8, 4) is 0 Å². The van der Waals surface area contributed by atoms with Crippen molar-refractivity contribution < 1.29 is 37.7 Å². The molecule has 2 aliphatic heterocycles. The highest BCUT2D eigenvalue weighted by Gasteiger charge is 2.45. The molecule has 2 aliphatic rings. The summed E-state index contributed by atoms with van der Waals surface area (Å²) in [6.07, 6.45) is 6.53. The van der Waals surface area contributed by atoms with Crippen LogP contribution in [0, 0.1) is 0 Å². The number of halogens is 2. The zero-order valence-electron chi connectivity index (χ0n) is 23.9. The third-order valence-electron chi connectivity index (χ3n) is 8.24. The van der Waals surface area contributed by atoms with Gasteiger partial charge in [-0.15, -0.1) is 11.3 Å². The van der Waals surface area contributed by atoms with Crippen LogP contribution in [0.2, 0.25) is 0 Å². The number of benzene rings is 1. The normalized spacial score (nSPS) is 20.8. The first-order valence-electron chi connectivity index (χ1n) is 14.1. The molecule has 236 valence electrons. The van der Waals surface area contributed by atoms with E-state index in [9.17, 15) is 28.0 Å². The van der Waals surface area contributed by atoms with E-state index >= 15 is 0 Å². The SMILES string of the molecule is CC(=O)N1CC[C@H]2CC[C@@H](C(=O)Nc3ccc4nccn4c3)N2C(=O)[C@@H](NC(=O)c2cc3cc(C(F)(F)P(O)O)ccc3s2)C1. The van der Waals surface area contributed by atoms with Crippen LogP contribution in [0.4, 0.5) is 14.5 Å². The van der Waals surface area contributed by atoms with Gasteiger partial charge in [0.2, 0.25) is 26.1 Å². The smallest absolute Gasteiger partial charge is 0.339 e. The molecule has 0 unspecified atom stereocenters. The Morgan fingerprint density at radius 1 is 1.11 bits per heavy atom. The quantitative estimate of drug-likeness (QED) is 0.232. The Morgan fingerprint density at radius 2 is 1.91 bits per heavy atom. The molecule has 0 spiro atoms. The molecule has 1 aromatic carbocycles. The van der Waals surface area contributed by atoms with Crippen molar-refractivity contribution in [1.29, 1.82) is 0 Å². The number of aromatic nitrogens is 2. The van der Waals surface area contributed by atoms with Crippen LogP contribution in [-0.2, 0) is 20.0 Å². The van der Waals surface area contributed by atoms with Crippen LogP contribution in [0.3, 0.4) is 0 Å². The number of hydrogen-bond donors (Lipinski definition) is 4. The Morgan fingerprint density at radius 3 is 2.67 bits per heavy atom. The number of pyridine rings is 1. The molecule has 0 saturated carbocycles. The van der Waals surface area contributed by atoms with Crippen molar-refractivity contribution in [2.24, 2.45) is 0 Å². The van der Waals surface area contributed by atoms with E-state index < -0.39 is 43.5 Å². The van der Waals surface area contributed by atoms with Crippen LogP contribution in [-0.4, -0.2) is 83.8 Å². The molecule has 2 saturated heterocycles. The molecular formula is C29H29F2N6O6PS. The van der Waals surface area contributed by atoms with Gasteiger partial charge in [-0.3, -0.25) is 19.2 Å². The van der Waals surface area contributed by atoms with Gasteiger partial charge < -0.3 is 34.6 Å². The van der Waals surface area contributed by atoms with Crippen molar-refractivity contribution in [1.82, 2.24) is 24.5 Å². The van der Waals surface area contributed by atoms with Crippen molar-refractivity contribution in [3.05, 3.63) is 65.4 Å². The second-order valence-corrected chi connectivity index (χ2v) is 13.3. The fourth-order valence-electron chi connectivity index (χ4n) is 5.93. The number of thiophene rings is 1. The Bertz CT molecular complexity index is 1810. The second-order valence-electron chi connectivity index (χ2n) is 11.1. The highest BCUT2D eigenvalue weighted by atomic mass is 32.1. The van der Waals surface area contributed by atoms with Gasteiger partial charge in [-0.25, -0.2) is 4.98 Å². The number of alkyl halides is 2. The number of fused-ring (bicyclic) bond motifs is 3. The van der Waals surface area contributed by atoms with Gasteiger partial charge in [0.1, 0.15) is 17.7 Å². The summed E-state index contributed by atoms with van der Waals surface area (Å²) in [6, 6.07) is 6.09. The summed E-state index contributed by atoms with van der Waals surface area (Å²) in [4.78, 5) is 79.0. The van der Waals surface area contributed by atoms with Gasteiger partial charge in [-0.2, -0.15) is 8.78 Å². The number of nitrogens with one attached hydrogen (secondary N) is 2. The van der Waals surface area contributed by atoms with Crippen LogP contribution in [0.15, 0.2) is 55.0 Å². The van der Waals surface area contributed by atoms with Crippen molar-refractivity contribution in [2.75, 3.05) is 18.4 Å². The highest BCUT2D eigenvalue weighted by molar-refractivity contribution is 7.46. The molecule has 0 radical (unpaired) electrons. The molecule has 12 nitrogen and oxygen atoms in total. The summed E-state index contributed by atoms with van der Waals surface area (Å²) in [5.41, 5.74) is -3.21. The van der Waals surface area contributed by atoms with Crippen molar-refractivity contribution >= 4 is 64.8 Å². The second kappa shape index (κ2) is 12.0. The zero-order chi connectivity index (χ0) is 32.0. The van der Waals surface area contributed by atoms with Crippen LogP contribution in [0.5, 0.6) is 0 Å². The summed E-state index contributed by atoms with van der Waals surface area (Å²) >= 11 is 1.01. The molecule has 0 aliphatic carbocycles. The minimum Gasteiger partial charge on any atom is -0.346 e. The van der Waals surface area contributed by atoms with Gasteiger partial charge in [0.15, 0.2) is 0 Å². The maximum atomic E-state index is 14.2. The molecule has 45 heavy (non-hydrogen) atoms. The van der Waals surface area contributed by atoms with E-state index in [-0.39, 0.29) is 29.3 Å². The number of imidazole rings is 1. The van der Waals surface area contributed by atoms with Gasteiger partial charge in [0.05, 0.1) is 10.6 Å². The standard InChI is InChI=1S/C29H29F2N6O6PS/c1-16(38)35-10-8-20-4-5-22(26(39)33-19-3-7-25-32-9-11-36(25)14-19)37(20)28(41)21(15-35)34-27(40)24-13-17-12-18(2-6-23(17)45-24)29(30,31)44(42)43/h2-3,6-7,9,11-14,20-22,42-43H,4-5,8,10,15H2,1H3,(H,33,39)(H,34,40)/t20-,21+,22+/m1/s1. The van der Waals surface area contributed by atoms with E-state index in [0.29, 0.717) is 47.2 Å². The maximum absolute atomic E-state index is 14.2. The Kier molecular flexibility index (Phi) is 8.29. The lowest BCUT2D eigenvalue weighted by Gasteiger charge is -2.38. The van der Waals surface area contributed by atoms with Crippen molar-refractivity contribution in [3.63, 3.8) is 0 Å². The average molecular weight is 659 g/mol. The molecule has 3 atom stereocenters. The fourth-order valence-corrected chi connectivity index (χ4v) is 7.25. The summed E-state index contributed by atoms with van der Waals surface area (Å²) in [7, 11) is -3.56. The summed E-state index contributed by atoms with van der Waals surface area (Å²) < 4.78 is 30.7. The number of anilines is 1. The van der Waals surface area contributed by atoms with Gasteiger partial charge in [0.25, 0.3) is 5.91 Å². The number of nitrogens with zero attached hydrogens (tertiary/aromatic N) is 4. The molecule has 16 heteroatoms. The van der Waals surface area contributed by atoms with Gasteiger partial charge in [-0.1, -0.05) is 6.07 Å². The Labute approximate surface area is 260 Å². The average Bonchev–Trinajstić information content (AvgIpc) is 3.74. The predicted molar refractivity (Wildman–Crippen MR) is 163 cm³/mol. The van der Waals surface area contributed by atoms with Crippen molar-refractivity contribution in [2.45, 2.75) is 50.0 Å². The lowest BCUT2D eigenvalue weighted by molar-refractivity contribution is -0.143. The number of amides is 4. The van der Waals surface area contributed by atoms with Crippen LogP contribution < -0.4 is 10.6 Å².